The maximum atomic E-state index is 11.5. The quantitative estimate of drug-likeness (QED) is 0.844. The first-order chi connectivity index (χ1) is 10.2. The summed E-state index contributed by atoms with van der Waals surface area (Å²) in [6.07, 6.45) is 8.13. The van der Waals surface area contributed by atoms with Crippen LogP contribution in [0.1, 0.15) is 31.4 Å². The number of hydrogen-bond acceptors (Lipinski definition) is 6. The van der Waals surface area contributed by atoms with Gasteiger partial charge in [0.2, 0.25) is 5.95 Å². The van der Waals surface area contributed by atoms with Crippen LogP contribution in [0.4, 0.5) is 10.7 Å². The predicted octanol–water partition coefficient (Wildman–Crippen LogP) is 2.18. The lowest BCUT2D eigenvalue weighted by Crippen LogP contribution is -2.26. The third-order valence-corrected chi connectivity index (χ3v) is 4.28. The monoisotopic (exact) mass is 304 g/mol. The Morgan fingerprint density at radius 2 is 1.95 bits per heavy atom. The van der Waals surface area contributed by atoms with Crippen molar-refractivity contribution in [3.05, 3.63) is 22.9 Å². The standard InChI is InChI=1S/C14H16N4O2S/c19-12-11(21-14(20)17-12)9-10-5-6-15-13(16-10)18-7-3-1-2-4-8-18/h5-6,9H,1-4,7-8H2,(H,17,19,20). The van der Waals surface area contributed by atoms with Crippen LogP contribution in [0.5, 0.6) is 0 Å². The lowest BCUT2D eigenvalue weighted by atomic mass is 10.2. The van der Waals surface area contributed by atoms with Crippen LogP contribution in [-0.4, -0.2) is 34.2 Å². The summed E-state index contributed by atoms with van der Waals surface area (Å²) in [5.41, 5.74) is 0.650. The van der Waals surface area contributed by atoms with Crippen LogP contribution in [0.15, 0.2) is 17.2 Å². The van der Waals surface area contributed by atoms with Crippen LogP contribution < -0.4 is 10.2 Å². The summed E-state index contributed by atoms with van der Waals surface area (Å²) in [6, 6.07) is 1.74. The van der Waals surface area contributed by atoms with Gasteiger partial charge >= 0.3 is 0 Å². The fourth-order valence-corrected chi connectivity index (χ4v) is 3.09. The van der Waals surface area contributed by atoms with E-state index in [1.54, 1.807) is 18.3 Å². The van der Waals surface area contributed by atoms with Gasteiger partial charge in [0.05, 0.1) is 10.6 Å². The van der Waals surface area contributed by atoms with Gasteiger partial charge in [0.15, 0.2) is 0 Å². The van der Waals surface area contributed by atoms with E-state index in [-0.39, 0.29) is 11.1 Å². The predicted molar refractivity (Wildman–Crippen MR) is 81.8 cm³/mol. The van der Waals surface area contributed by atoms with Crippen molar-refractivity contribution in [1.82, 2.24) is 15.3 Å². The lowest BCUT2D eigenvalue weighted by molar-refractivity contribution is -0.115. The Hall–Kier alpha value is -1.89. The van der Waals surface area contributed by atoms with E-state index in [1.807, 2.05) is 0 Å². The molecule has 0 unspecified atom stereocenters. The molecular weight excluding hydrogens is 288 g/mol. The minimum absolute atomic E-state index is 0.340. The fourth-order valence-electron chi connectivity index (χ4n) is 2.42. The highest BCUT2D eigenvalue weighted by molar-refractivity contribution is 8.18. The number of aromatic nitrogens is 2. The van der Waals surface area contributed by atoms with E-state index in [9.17, 15) is 9.59 Å². The Bertz CT molecular complexity index is 594. The molecule has 2 aliphatic rings. The number of hydrogen-bond donors (Lipinski definition) is 1. The molecule has 6 nitrogen and oxygen atoms in total. The summed E-state index contributed by atoms with van der Waals surface area (Å²) in [5, 5.41) is 1.90. The molecule has 0 saturated carbocycles. The number of rotatable bonds is 2. The minimum Gasteiger partial charge on any atom is -0.341 e. The maximum absolute atomic E-state index is 11.5. The zero-order valence-corrected chi connectivity index (χ0v) is 12.4. The van der Waals surface area contributed by atoms with E-state index < -0.39 is 0 Å². The summed E-state index contributed by atoms with van der Waals surface area (Å²) >= 11 is 0.901. The van der Waals surface area contributed by atoms with Crippen LogP contribution in [0, 0.1) is 0 Å². The van der Waals surface area contributed by atoms with E-state index in [1.165, 1.54) is 12.8 Å². The fraction of sp³-hybridized carbons (Fsp3) is 0.429. The van der Waals surface area contributed by atoms with Crippen LogP contribution in [0.25, 0.3) is 6.08 Å². The number of nitrogens with one attached hydrogen (secondary N) is 1. The number of nitrogens with zero attached hydrogens (tertiary/aromatic N) is 3. The van der Waals surface area contributed by atoms with Crippen LogP contribution in [-0.2, 0) is 4.79 Å². The average Bonchev–Trinajstić information content (AvgIpc) is 2.70. The molecule has 110 valence electrons. The van der Waals surface area contributed by atoms with Crippen molar-refractivity contribution in [2.45, 2.75) is 25.7 Å². The van der Waals surface area contributed by atoms with E-state index in [0.29, 0.717) is 16.5 Å². The van der Waals surface area contributed by atoms with Gasteiger partial charge in [-0.15, -0.1) is 0 Å². The highest BCUT2D eigenvalue weighted by atomic mass is 32.2. The Labute approximate surface area is 127 Å². The summed E-state index contributed by atoms with van der Waals surface area (Å²) < 4.78 is 0. The average molecular weight is 304 g/mol. The number of carbonyl (C=O) groups excluding carboxylic acids is 2. The molecular formula is C14H16N4O2S. The van der Waals surface area contributed by atoms with Crippen molar-refractivity contribution >= 4 is 34.9 Å². The smallest absolute Gasteiger partial charge is 0.290 e. The molecule has 2 saturated heterocycles. The Kier molecular flexibility index (Phi) is 4.19. The normalized spacial score (nSPS) is 21.5. The van der Waals surface area contributed by atoms with Crippen LogP contribution >= 0.6 is 11.8 Å². The number of thioether (sulfide) groups is 1. The van der Waals surface area contributed by atoms with Gasteiger partial charge in [-0.1, -0.05) is 12.8 Å². The van der Waals surface area contributed by atoms with Crippen molar-refractivity contribution in [2.75, 3.05) is 18.0 Å². The highest BCUT2D eigenvalue weighted by Gasteiger charge is 2.25. The van der Waals surface area contributed by atoms with Gasteiger partial charge < -0.3 is 4.90 Å². The van der Waals surface area contributed by atoms with Crippen molar-refractivity contribution in [3.63, 3.8) is 0 Å². The van der Waals surface area contributed by atoms with Crippen molar-refractivity contribution in [2.24, 2.45) is 0 Å². The Morgan fingerprint density at radius 1 is 1.19 bits per heavy atom. The molecule has 1 N–H and O–H groups in total. The molecule has 0 atom stereocenters. The summed E-state index contributed by atoms with van der Waals surface area (Å²) in [4.78, 5) is 34.1. The van der Waals surface area contributed by atoms with Crippen molar-refractivity contribution < 1.29 is 9.59 Å². The topological polar surface area (TPSA) is 75.2 Å². The molecule has 2 amide bonds. The van der Waals surface area contributed by atoms with Crippen molar-refractivity contribution in [1.29, 1.82) is 0 Å². The number of amides is 2. The third kappa shape index (κ3) is 3.41. The van der Waals surface area contributed by atoms with E-state index in [2.05, 4.69) is 20.2 Å². The Balaban J connectivity index is 1.81. The molecule has 7 heteroatoms. The zero-order chi connectivity index (χ0) is 14.7. The molecule has 0 aromatic carbocycles. The number of anilines is 1. The van der Waals surface area contributed by atoms with E-state index >= 15 is 0 Å². The van der Waals surface area contributed by atoms with Gasteiger partial charge in [-0.2, -0.15) is 0 Å². The summed E-state index contributed by atoms with van der Waals surface area (Å²) in [6.45, 7) is 1.93. The minimum atomic E-state index is -0.361. The largest absolute Gasteiger partial charge is 0.341 e. The molecule has 1 aromatic rings. The van der Waals surface area contributed by atoms with Gasteiger partial charge in [-0.05, 0) is 36.7 Å². The molecule has 0 spiro atoms. The maximum Gasteiger partial charge on any atom is 0.290 e. The molecule has 1 aromatic heterocycles. The molecule has 2 fully saturated rings. The second-order valence-corrected chi connectivity index (χ2v) is 6.05. The first kappa shape index (κ1) is 14.1. The van der Waals surface area contributed by atoms with Crippen molar-refractivity contribution in [3.8, 4) is 0 Å². The Morgan fingerprint density at radius 3 is 2.62 bits per heavy atom. The second kappa shape index (κ2) is 6.26. The van der Waals surface area contributed by atoms with Crippen LogP contribution in [0.3, 0.4) is 0 Å². The first-order valence-corrected chi connectivity index (χ1v) is 7.87. The molecule has 0 radical (unpaired) electrons. The van der Waals surface area contributed by atoms with Gasteiger partial charge in [0.1, 0.15) is 0 Å². The van der Waals surface area contributed by atoms with Crippen LogP contribution in [0.2, 0.25) is 0 Å². The molecule has 2 aliphatic heterocycles. The van der Waals surface area contributed by atoms with Gasteiger partial charge in [-0.3, -0.25) is 14.9 Å². The van der Waals surface area contributed by atoms with Gasteiger partial charge in [0.25, 0.3) is 11.1 Å². The molecule has 21 heavy (non-hydrogen) atoms. The molecule has 3 rings (SSSR count). The zero-order valence-electron chi connectivity index (χ0n) is 11.5. The van der Waals surface area contributed by atoms with E-state index in [4.69, 9.17) is 0 Å². The molecule has 0 aliphatic carbocycles. The SMILES string of the molecule is O=C1NC(=O)C(=Cc2ccnc(N3CCCCCC3)n2)S1. The van der Waals surface area contributed by atoms with Gasteiger partial charge in [-0.25, -0.2) is 9.97 Å². The highest BCUT2D eigenvalue weighted by Crippen LogP contribution is 2.25. The van der Waals surface area contributed by atoms with E-state index in [0.717, 1.165) is 37.7 Å². The lowest BCUT2D eigenvalue weighted by Gasteiger charge is -2.19. The molecule has 0 bridgehead atoms. The van der Waals surface area contributed by atoms with Gasteiger partial charge in [0, 0.05) is 19.3 Å². The molecule has 3 heterocycles. The number of imide groups is 1. The number of carbonyl (C=O) groups is 2. The third-order valence-electron chi connectivity index (χ3n) is 3.47. The summed E-state index contributed by atoms with van der Waals surface area (Å²) in [7, 11) is 0. The summed E-state index contributed by atoms with van der Waals surface area (Å²) in [5.74, 6) is 0.334. The first-order valence-electron chi connectivity index (χ1n) is 7.05. The second-order valence-electron chi connectivity index (χ2n) is 5.04.